The topological polar surface area (TPSA) is 49.3 Å². The highest BCUT2D eigenvalue weighted by Gasteiger charge is 2.17. The first kappa shape index (κ1) is 16.0. The fourth-order valence-corrected chi connectivity index (χ4v) is 2.15. The van der Waals surface area contributed by atoms with Crippen molar-refractivity contribution < 1.29 is 14.3 Å². The highest BCUT2D eigenvalue weighted by Crippen LogP contribution is 2.18. The van der Waals surface area contributed by atoms with Crippen LogP contribution in [0.2, 0.25) is 0 Å². The van der Waals surface area contributed by atoms with Crippen molar-refractivity contribution in [2.75, 3.05) is 12.3 Å². The van der Waals surface area contributed by atoms with Crippen LogP contribution in [0.25, 0.3) is 0 Å². The third-order valence-electron chi connectivity index (χ3n) is 2.84. The number of hydrogen-bond acceptors (Lipinski definition) is 3. The Morgan fingerprint density at radius 3 is 2.63 bits per heavy atom. The van der Waals surface area contributed by atoms with E-state index in [1.54, 1.807) is 19.1 Å². The molecule has 0 heterocycles. The molecule has 0 aliphatic rings. The first-order chi connectivity index (χ1) is 8.93. The Morgan fingerprint density at radius 2 is 2.05 bits per heavy atom. The fraction of sp³-hybridized carbons (Fsp3) is 0.500. The highest BCUT2D eigenvalue weighted by molar-refractivity contribution is 7.99. The second-order valence-corrected chi connectivity index (χ2v) is 5.85. The molecule has 0 aliphatic heterocycles. The quantitative estimate of drug-likeness (QED) is 0.757. The maximum Gasteiger partial charge on any atom is 0.220 e. The van der Waals surface area contributed by atoms with E-state index in [-0.39, 0.29) is 18.3 Å². The molecule has 0 radical (unpaired) electrons. The van der Waals surface area contributed by atoms with E-state index in [1.807, 2.05) is 6.92 Å². The van der Waals surface area contributed by atoms with E-state index in [9.17, 15) is 14.3 Å². The molecule has 3 nitrogen and oxygen atoms in total. The van der Waals surface area contributed by atoms with Gasteiger partial charge in [-0.3, -0.25) is 4.79 Å². The summed E-state index contributed by atoms with van der Waals surface area (Å²) in [6.45, 7) is 3.83. The predicted molar refractivity (Wildman–Crippen MR) is 75.7 cm³/mol. The van der Waals surface area contributed by atoms with Crippen molar-refractivity contribution in [2.45, 2.75) is 37.2 Å². The fourth-order valence-electron chi connectivity index (χ4n) is 1.29. The maximum atomic E-state index is 12.7. The van der Waals surface area contributed by atoms with Crippen molar-refractivity contribution in [1.29, 1.82) is 0 Å². The summed E-state index contributed by atoms with van der Waals surface area (Å²) in [7, 11) is 0. The predicted octanol–water partition coefficient (Wildman–Crippen LogP) is 2.59. The van der Waals surface area contributed by atoms with Gasteiger partial charge in [-0.25, -0.2) is 4.39 Å². The smallest absolute Gasteiger partial charge is 0.220 e. The summed E-state index contributed by atoms with van der Waals surface area (Å²) in [4.78, 5) is 12.5. The molecule has 0 saturated carbocycles. The zero-order valence-electron chi connectivity index (χ0n) is 11.3. The van der Waals surface area contributed by atoms with Crippen LogP contribution in [0.5, 0.6) is 0 Å². The Balaban J connectivity index is 2.22. The van der Waals surface area contributed by atoms with Crippen LogP contribution in [0.3, 0.4) is 0 Å². The van der Waals surface area contributed by atoms with Gasteiger partial charge in [-0.15, -0.1) is 11.8 Å². The van der Waals surface area contributed by atoms with Crippen LogP contribution < -0.4 is 5.32 Å². The van der Waals surface area contributed by atoms with Crippen LogP contribution in [0.1, 0.15) is 26.7 Å². The van der Waals surface area contributed by atoms with E-state index in [0.717, 1.165) is 4.90 Å². The molecule has 0 bridgehead atoms. The van der Waals surface area contributed by atoms with E-state index in [1.165, 1.54) is 23.9 Å². The van der Waals surface area contributed by atoms with Crippen LogP contribution in [0.4, 0.5) is 4.39 Å². The molecule has 0 fully saturated rings. The van der Waals surface area contributed by atoms with Crippen LogP contribution in [-0.4, -0.2) is 28.9 Å². The summed E-state index contributed by atoms with van der Waals surface area (Å²) in [5.74, 6) is 0.290. The molecule has 2 N–H and O–H groups in total. The van der Waals surface area contributed by atoms with Gasteiger partial charge in [0.15, 0.2) is 0 Å². The molecule has 1 unspecified atom stereocenters. The molecule has 0 aliphatic carbocycles. The monoisotopic (exact) mass is 285 g/mol. The first-order valence-electron chi connectivity index (χ1n) is 6.30. The Morgan fingerprint density at radius 1 is 1.42 bits per heavy atom. The number of benzene rings is 1. The number of carbonyl (C=O) groups is 1. The SMILES string of the molecule is CCC(C)(O)CNC(=O)CCSc1ccc(F)cc1. The standard InChI is InChI=1S/C14H20FNO2S/c1-3-14(2,18)10-16-13(17)8-9-19-12-6-4-11(15)5-7-12/h4-7,18H,3,8-10H2,1-2H3,(H,16,17). The molecule has 5 heteroatoms. The lowest BCUT2D eigenvalue weighted by atomic mass is 10.0. The van der Waals surface area contributed by atoms with Crippen LogP contribution in [0.15, 0.2) is 29.2 Å². The summed E-state index contributed by atoms with van der Waals surface area (Å²) in [6.07, 6.45) is 0.972. The first-order valence-corrected chi connectivity index (χ1v) is 7.29. The van der Waals surface area contributed by atoms with E-state index in [0.29, 0.717) is 18.6 Å². The number of hydrogen-bond donors (Lipinski definition) is 2. The summed E-state index contributed by atoms with van der Waals surface area (Å²) in [6, 6.07) is 6.20. The van der Waals surface area contributed by atoms with Gasteiger partial charge in [0.05, 0.1) is 5.60 Å². The number of rotatable bonds is 7. The minimum atomic E-state index is -0.847. The molecule has 1 aromatic rings. The molecular formula is C14H20FNO2S. The van der Waals surface area contributed by atoms with E-state index in [2.05, 4.69) is 5.32 Å². The van der Waals surface area contributed by atoms with Crippen molar-refractivity contribution in [3.63, 3.8) is 0 Å². The zero-order chi connectivity index (χ0) is 14.3. The highest BCUT2D eigenvalue weighted by atomic mass is 32.2. The summed E-state index contributed by atoms with van der Waals surface area (Å²) in [5.41, 5.74) is -0.847. The van der Waals surface area contributed by atoms with Gasteiger partial charge in [-0.05, 0) is 37.6 Å². The zero-order valence-corrected chi connectivity index (χ0v) is 12.1. The molecule has 1 amide bonds. The number of thioether (sulfide) groups is 1. The van der Waals surface area contributed by atoms with Crippen molar-refractivity contribution in [1.82, 2.24) is 5.32 Å². The maximum absolute atomic E-state index is 12.7. The third-order valence-corrected chi connectivity index (χ3v) is 3.85. The lowest BCUT2D eigenvalue weighted by Gasteiger charge is -2.21. The Bertz CT molecular complexity index is 406. The largest absolute Gasteiger partial charge is 0.388 e. The molecule has 1 aromatic carbocycles. The lowest BCUT2D eigenvalue weighted by Crippen LogP contribution is -2.40. The molecule has 0 spiro atoms. The second-order valence-electron chi connectivity index (χ2n) is 4.68. The third kappa shape index (κ3) is 6.59. The second kappa shape index (κ2) is 7.50. The van der Waals surface area contributed by atoms with Gasteiger partial charge in [0.1, 0.15) is 5.82 Å². The van der Waals surface area contributed by atoms with Crippen LogP contribution in [-0.2, 0) is 4.79 Å². The minimum absolute atomic E-state index is 0.0802. The normalized spacial score (nSPS) is 13.9. The minimum Gasteiger partial charge on any atom is -0.388 e. The van der Waals surface area contributed by atoms with Crippen molar-refractivity contribution >= 4 is 17.7 Å². The van der Waals surface area contributed by atoms with E-state index in [4.69, 9.17) is 0 Å². The van der Waals surface area contributed by atoms with Crippen LogP contribution >= 0.6 is 11.8 Å². The molecule has 1 rings (SSSR count). The number of carbonyl (C=O) groups excluding carboxylic acids is 1. The molecule has 19 heavy (non-hydrogen) atoms. The van der Waals surface area contributed by atoms with Gasteiger partial charge in [-0.1, -0.05) is 6.92 Å². The molecular weight excluding hydrogens is 265 g/mol. The average Bonchev–Trinajstić information content (AvgIpc) is 2.39. The number of amides is 1. The van der Waals surface area contributed by atoms with Crippen molar-refractivity contribution in [3.05, 3.63) is 30.1 Å². The summed E-state index contributed by atoms with van der Waals surface area (Å²) in [5, 5.41) is 12.5. The number of aliphatic hydroxyl groups is 1. The molecule has 0 aromatic heterocycles. The van der Waals surface area contributed by atoms with Gasteiger partial charge >= 0.3 is 0 Å². The van der Waals surface area contributed by atoms with E-state index < -0.39 is 5.60 Å². The van der Waals surface area contributed by atoms with Gasteiger partial charge in [-0.2, -0.15) is 0 Å². The lowest BCUT2D eigenvalue weighted by molar-refractivity contribution is -0.121. The van der Waals surface area contributed by atoms with Crippen molar-refractivity contribution in [2.24, 2.45) is 0 Å². The Hall–Kier alpha value is -1.07. The van der Waals surface area contributed by atoms with Gasteiger partial charge in [0, 0.05) is 23.6 Å². The van der Waals surface area contributed by atoms with Gasteiger partial charge in [0.2, 0.25) is 5.91 Å². The van der Waals surface area contributed by atoms with Crippen molar-refractivity contribution in [3.8, 4) is 0 Å². The number of halogens is 1. The Labute approximate surface area is 117 Å². The molecule has 0 saturated heterocycles. The van der Waals surface area contributed by atoms with Crippen LogP contribution in [0, 0.1) is 5.82 Å². The van der Waals surface area contributed by atoms with Gasteiger partial charge < -0.3 is 10.4 Å². The number of nitrogens with one attached hydrogen (secondary N) is 1. The summed E-state index contributed by atoms with van der Waals surface area (Å²) < 4.78 is 12.7. The van der Waals surface area contributed by atoms with Gasteiger partial charge in [0.25, 0.3) is 0 Å². The average molecular weight is 285 g/mol. The molecule has 1 atom stereocenters. The molecule has 106 valence electrons. The Kier molecular flexibility index (Phi) is 6.31. The summed E-state index contributed by atoms with van der Waals surface area (Å²) >= 11 is 1.51. The van der Waals surface area contributed by atoms with E-state index >= 15 is 0 Å².